The highest BCUT2D eigenvalue weighted by atomic mass is 16.6. The molecule has 0 aliphatic carbocycles. The Morgan fingerprint density at radius 2 is 2.11 bits per heavy atom. The standard InChI is InChI=1S/C20H17N3O4/c1-2-20(26)14-7-16-17-11(5-10-6-12(21)3-4-15(10)22-17)8-23(16)18(24)13(14)9-27-19(20)25/h3-7,26H,2,8-9,21H2,1H3/t20-/m1/s1. The molecule has 27 heavy (non-hydrogen) atoms. The third-order valence-corrected chi connectivity index (χ3v) is 5.53. The van der Waals surface area contributed by atoms with Gasteiger partial charge in [0.15, 0.2) is 5.60 Å². The van der Waals surface area contributed by atoms with E-state index in [9.17, 15) is 14.7 Å². The Balaban J connectivity index is 1.80. The molecule has 0 saturated carbocycles. The van der Waals surface area contributed by atoms with E-state index >= 15 is 0 Å². The molecule has 2 aliphatic heterocycles. The molecule has 0 radical (unpaired) electrons. The van der Waals surface area contributed by atoms with Crippen molar-refractivity contribution in [3.05, 3.63) is 57.4 Å². The van der Waals surface area contributed by atoms with E-state index < -0.39 is 11.6 Å². The molecule has 4 heterocycles. The molecule has 1 aromatic carbocycles. The normalized spacial score (nSPS) is 20.1. The summed E-state index contributed by atoms with van der Waals surface area (Å²) < 4.78 is 6.69. The summed E-state index contributed by atoms with van der Waals surface area (Å²) in [7, 11) is 0. The quantitative estimate of drug-likeness (QED) is 0.393. The van der Waals surface area contributed by atoms with Crippen molar-refractivity contribution in [1.29, 1.82) is 0 Å². The number of esters is 1. The van der Waals surface area contributed by atoms with Gasteiger partial charge in [-0.1, -0.05) is 6.92 Å². The molecule has 0 spiro atoms. The van der Waals surface area contributed by atoms with Gasteiger partial charge in [-0.2, -0.15) is 0 Å². The number of nitrogens with two attached hydrogens (primary N) is 1. The van der Waals surface area contributed by atoms with E-state index in [2.05, 4.69) is 0 Å². The second-order valence-electron chi connectivity index (χ2n) is 7.05. The molecule has 0 bridgehead atoms. The Morgan fingerprint density at radius 3 is 2.89 bits per heavy atom. The predicted molar refractivity (Wildman–Crippen MR) is 98.9 cm³/mol. The van der Waals surface area contributed by atoms with Gasteiger partial charge in [0.05, 0.1) is 29.0 Å². The van der Waals surface area contributed by atoms with E-state index in [-0.39, 0.29) is 18.6 Å². The summed E-state index contributed by atoms with van der Waals surface area (Å²) in [6.45, 7) is 1.94. The molecule has 0 saturated heterocycles. The maximum atomic E-state index is 13.0. The summed E-state index contributed by atoms with van der Waals surface area (Å²) in [6, 6.07) is 9.16. The first-order valence-electron chi connectivity index (χ1n) is 8.78. The Labute approximate surface area is 154 Å². The number of cyclic esters (lactones) is 1. The minimum atomic E-state index is -1.81. The Morgan fingerprint density at radius 1 is 1.30 bits per heavy atom. The molecule has 3 N–H and O–H groups in total. The maximum absolute atomic E-state index is 13.0. The summed E-state index contributed by atoms with van der Waals surface area (Å²) in [5.41, 5.74) is 8.05. The van der Waals surface area contributed by atoms with Crippen LogP contribution in [0.25, 0.3) is 22.3 Å². The van der Waals surface area contributed by atoms with Crippen molar-refractivity contribution < 1.29 is 14.6 Å². The van der Waals surface area contributed by atoms with Gasteiger partial charge in [-0.15, -0.1) is 0 Å². The van der Waals surface area contributed by atoms with Crippen molar-refractivity contribution in [2.24, 2.45) is 0 Å². The van der Waals surface area contributed by atoms with E-state index in [1.807, 2.05) is 18.2 Å². The summed E-state index contributed by atoms with van der Waals surface area (Å²) in [4.78, 5) is 29.9. The smallest absolute Gasteiger partial charge is 0.343 e. The SMILES string of the molecule is CC[C@]1(O)C(=O)OCc2c1cc1n(c2=O)Cc2cc3cc(N)ccc3nc2-1. The van der Waals surface area contributed by atoms with Crippen LogP contribution in [0.5, 0.6) is 0 Å². The van der Waals surface area contributed by atoms with Crippen LogP contribution in [-0.2, 0) is 28.3 Å². The fourth-order valence-electron chi connectivity index (χ4n) is 4.00. The highest BCUT2D eigenvalue weighted by molar-refractivity contribution is 5.87. The minimum absolute atomic E-state index is 0.124. The van der Waals surface area contributed by atoms with Crippen LogP contribution in [0.3, 0.4) is 0 Å². The zero-order chi connectivity index (χ0) is 18.9. The lowest BCUT2D eigenvalue weighted by Gasteiger charge is -2.31. The highest BCUT2D eigenvalue weighted by Gasteiger charge is 2.45. The molecule has 7 heteroatoms. The lowest BCUT2D eigenvalue weighted by Crippen LogP contribution is -2.44. The monoisotopic (exact) mass is 363 g/mol. The Bertz CT molecular complexity index is 1210. The van der Waals surface area contributed by atoms with Crippen molar-refractivity contribution in [3.8, 4) is 11.4 Å². The molecule has 7 nitrogen and oxygen atoms in total. The fraction of sp³-hybridized carbons (Fsp3) is 0.250. The molecular formula is C20H17N3O4. The first kappa shape index (κ1) is 16.0. The van der Waals surface area contributed by atoms with Gasteiger partial charge in [0.1, 0.15) is 6.61 Å². The van der Waals surface area contributed by atoms with Gasteiger partial charge in [0.2, 0.25) is 0 Å². The number of hydrogen-bond acceptors (Lipinski definition) is 6. The topological polar surface area (TPSA) is 107 Å². The van der Waals surface area contributed by atoms with E-state index in [0.717, 1.165) is 16.5 Å². The lowest BCUT2D eigenvalue weighted by molar-refractivity contribution is -0.172. The van der Waals surface area contributed by atoms with Gasteiger partial charge in [0, 0.05) is 22.2 Å². The second kappa shape index (κ2) is 5.17. The predicted octanol–water partition coefficient (Wildman–Crippen LogP) is 1.66. The Kier molecular flexibility index (Phi) is 3.07. The number of anilines is 1. The maximum Gasteiger partial charge on any atom is 0.343 e. The van der Waals surface area contributed by atoms with Gasteiger partial charge < -0.3 is 20.1 Å². The van der Waals surface area contributed by atoms with E-state index in [0.29, 0.717) is 34.7 Å². The van der Waals surface area contributed by atoms with E-state index in [1.54, 1.807) is 23.6 Å². The summed E-state index contributed by atoms with van der Waals surface area (Å²) in [6.07, 6.45) is 0.124. The van der Waals surface area contributed by atoms with Gasteiger partial charge in [0.25, 0.3) is 5.56 Å². The van der Waals surface area contributed by atoms with E-state index in [4.69, 9.17) is 15.5 Å². The largest absolute Gasteiger partial charge is 0.458 e. The molecule has 0 amide bonds. The number of benzene rings is 1. The highest BCUT2D eigenvalue weighted by Crippen LogP contribution is 2.38. The fourth-order valence-corrected chi connectivity index (χ4v) is 4.00. The van der Waals surface area contributed by atoms with Crippen LogP contribution in [0.1, 0.15) is 30.0 Å². The van der Waals surface area contributed by atoms with Crippen molar-refractivity contribution in [2.45, 2.75) is 32.1 Å². The van der Waals surface area contributed by atoms with Gasteiger partial charge in [-0.05, 0) is 36.8 Å². The third-order valence-electron chi connectivity index (χ3n) is 5.53. The van der Waals surface area contributed by atoms with Crippen LogP contribution >= 0.6 is 0 Å². The van der Waals surface area contributed by atoms with Crippen LogP contribution in [0.4, 0.5) is 5.69 Å². The molecular weight excluding hydrogens is 346 g/mol. The number of ether oxygens (including phenoxy) is 1. The van der Waals surface area contributed by atoms with Crippen molar-refractivity contribution in [1.82, 2.24) is 9.55 Å². The number of nitrogens with zero attached hydrogens (tertiary/aromatic N) is 2. The number of rotatable bonds is 1. The number of carbonyl (C=O) groups is 1. The van der Waals surface area contributed by atoms with Crippen LogP contribution in [0.15, 0.2) is 35.1 Å². The zero-order valence-electron chi connectivity index (χ0n) is 14.7. The lowest BCUT2D eigenvalue weighted by atomic mass is 9.86. The van der Waals surface area contributed by atoms with Crippen LogP contribution < -0.4 is 11.3 Å². The average Bonchev–Trinajstić information content (AvgIpc) is 3.01. The molecule has 5 rings (SSSR count). The van der Waals surface area contributed by atoms with Crippen LogP contribution in [0.2, 0.25) is 0 Å². The number of hydrogen-bond donors (Lipinski definition) is 2. The van der Waals surface area contributed by atoms with E-state index in [1.165, 1.54) is 0 Å². The molecule has 0 fully saturated rings. The van der Waals surface area contributed by atoms with Gasteiger partial charge in [-0.25, -0.2) is 9.78 Å². The van der Waals surface area contributed by atoms with Crippen LogP contribution in [0, 0.1) is 0 Å². The number of carbonyl (C=O) groups excluding carboxylic acids is 1. The zero-order valence-corrected chi connectivity index (χ0v) is 14.7. The van der Waals surface area contributed by atoms with Crippen molar-refractivity contribution in [2.75, 3.05) is 5.73 Å². The van der Waals surface area contributed by atoms with Crippen LogP contribution in [-0.4, -0.2) is 20.6 Å². The van der Waals surface area contributed by atoms with Crippen molar-refractivity contribution in [3.63, 3.8) is 0 Å². The van der Waals surface area contributed by atoms with Crippen molar-refractivity contribution >= 4 is 22.6 Å². The van der Waals surface area contributed by atoms with Gasteiger partial charge >= 0.3 is 5.97 Å². The number of pyridine rings is 2. The second-order valence-corrected chi connectivity index (χ2v) is 7.05. The number of nitrogen functional groups attached to an aromatic ring is 1. The Hall–Kier alpha value is -3.19. The summed E-state index contributed by atoms with van der Waals surface area (Å²) >= 11 is 0. The third kappa shape index (κ3) is 2.03. The molecule has 3 aromatic rings. The first-order valence-corrected chi connectivity index (χ1v) is 8.78. The number of aromatic nitrogens is 2. The molecule has 1 atom stereocenters. The molecule has 0 unspecified atom stereocenters. The summed E-state index contributed by atoms with van der Waals surface area (Å²) in [5, 5.41) is 11.8. The number of fused-ring (bicyclic) bond motifs is 5. The van der Waals surface area contributed by atoms with Gasteiger partial charge in [-0.3, -0.25) is 4.79 Å². The molecule has 2 aliphatic rings. The minimum Gasteiger partial charge on any atom is -0.458 e. The molecule has 2 aromatic heterocycles. The molecule has 136 valence electrons. The summed E-state index contributed by atoms with van der Waals surface area (Å²) in [5.74, 6) is -0.720. The number of aliphatic hydroxyl groups is 1. The first-order chi connectivity index (χ1) is 12.9. The average molecular weight is 363 g/mol.